The van der Waals surface area contributed by atoms with Crippen LogP contribution in [0.4, 0.5) is 0 Å². The fourth-order valence-corrected chi connectivity index (χ4v) is 4.74. The second-order valence-electron chi connectivity index (χ2n) is 10.2. The van der Waals surface area contributed by atoms with Crippen molar-refractivity contribution in [1.29, 1.82) is 0 Å². The van der Waals surface area contributed by atoms with E-state index in [2.05, 4.69) is 9.71 Å². The molecule has 0 unspecified atom stereocenters. The average Bonchev–Trinajstić information content (AvgIpc) is 2.92. The molecule has 10 heteroatoms. The number of nitrogens with one attached hydrogen (secondary N) is 1. The van der Waals surface area contributed by atoms with Crippen LogP contribution in [0.1, 0.15) is 54.0 Å². The highest BCUT2D eigenvalue weighted by atomic mass is 32.2. The van der Waals surface area contributed by atoms with Gasteiger partial charge in [0.15, 0.2) is 0 Å². The summed E-state index contributed by atoms with van der Waals surface area (Å²) in [5, 5.41) is 0. The lowest BCUT2D eigenvalue weighted by atomic mass is 9.80. The maximum absolute atomic E-state index is 13.3. The molecule has 1 aromatic carbocycles. The lowest BCUT2D eigenvalue weighted by Gasteiger charge is -2.32. The number of methoxy groups -OCH3 is 1. The minimum Gasteiger partial charge on any atom is -0.497 e. The Morgan fingerprint density at radius 2 is 1.64 bits per heavy atom. The first-order valence-corrected chi connectivity index (χ1v) is 12.3. The van der Waals surface area contributed by atoms with E-state index >= 15 is 0 Å². The standard InChI is InChI=1S/C23H33BN2O6S/c1-21(2,3)26-33(27,28)19-13-17(24-31-22(4,5)23(6,7)32-24)14-25-20(19)30-15-16-9-11-18(29-8)12-10-16/h9-14,26H,15H2,1-8H3. The molecule has 3 rings (SSSR count). The molecular weight excluding hydrogens is 443 g/mol. The van der Waals surface area contributed by atoms with Crippen molar-refractivity contribution in [2.24, 2.45) is 0 Å². The first-order valence-electron chi connectivity index (χ1n) is 10.8. The molecule has 180 valence electrons. The van der Waals surface area contributed by atoms with Crippen LogP contribution in [-0.2, 0) is 25.9 Å². The van der Waals surface area contributed by atoms with E-state index in [1.54, 1.807) is 27.9 Å². The number of hydrogen-bond donors (Lipinski definition) is 1. The second-order valence-corrected chi connectivity index (χ2v) is 11.8. The van der Waals surface area contributed by atoms with Gasteiger partial charge in [0.2, 0.25) is 15.9 Å². The Hall–Kier alpha value is -2.14. The Balaban J connectivity index is 1.95. The Kier molecular flexibility index (Phi) is 6.88. The minimum absolute atomic E-state index is 0.00263. The summed E-state index contributed by atoms with van der Waals surface area (Å²) >= 11 is 0. The molecule has 2 heterocycles. The molecule has 0 spiro atoms. The summed E-state index contributed by atoms with van der Waals surface area (Å²) in [6.07, 6.45) is 1.53. The van der Waals surface area contributed by atoms with Crippen LogP contribution in [0.3, 0.4) is 0 Å². The van der Waals surface area contributed by atoms with Crippen LogP contribution in [0.25, 0.3) is 0 Å². The molecule has 0 atom stereocenters. The lowest BCUT2D eigenvalue weighted by molar-refractivity contribution is 0.00578. The van der Waals surface area contributed by atoms with Crippen LogP contribution in [0.5, 0.6) is 11.6 Å². The van der Waals surface area contributed by atoms with E-state index in [0.29, 0.717) is 5.46 Å². The predicted molar refractivity (Wildman–Crippen MR) is 127 cm³/mol. The predicted octanol–water partition coefficient (Wildman–Crippen LogP) is 3.05. The fraction of sp³-hybridized carbons (Fsp3) is 0.522. The SMILES string of the molecule is COc1ccc(COc2ncc(B3OC(C)(C)C(C)(C)O3)cc2S(=O)(=O)NC(C)(C)C)cc1. The van der Waals surface area contributed by atoms with Crippen molar-refractivity contribution in [2.75, 3.05) is 7.11 Å². The number of benzene rings is 1. The molecule has 1 N–H and O–H groups in total. The number of hydrogen-bond acceptors (Lipinski definition) is 7. The van der Waals surface area contributed by atoms with E-state index in [1.165, 1.54) is 12.3 Å². The zero-order valence-corrected chi connectivity index (χ0v) is 21.4. The van der Waals surface area contributed by atoms with Crippen molar-refractivity contribution in [3.8, 4) is 11.6 Å². The van der Waals surface area contributed by atoms with Gasteiger partial charge in [-0.2, -0.15) is 0 Å². The quantitative estimate of drug-likeness (QED) is 0.614. The summed E-state index contributed by atoms with van der Waals surface area (Å²) in [5.74, 6) is 0.726. The second kappa shape index (κ2) is 8.90. The van der Waals surface area contributed by atoms with E-state index in [4.69, 9.17) is 18.8 Å². The number of aromatic nitrogens is 1. The van der Waals surface area contributed by atoms with E-state index in [0.717, 1.165) is 11.3 Å². The van der Waals surface area contributed by atoms with Gasteiger partial charge in [0.1, 0.15) is 17.3 Å². The van der Waals surface area contributed by atoms with E-state index < -0.39 is 33.9 Å². The van der Waals surface area contributed by atoms with Crippen LogP contribution >= 0.6 is 0 Å². The third kappa shape index (κ3) is 5.87. The third-order valence-corrected chi connectivity index (χ3v) is 7.38. The highest BCUT2D eigenvalue weighted by Crippen LogP contribution is 2.36. The van der Waals surface area contributed by atoms with Gasteiger partial charge in [-0.1, -0.05) is 12.1 Å². The molecule has 0 bridgehead atoms. The van der Waals surface area contributed by atoms with Gasteiger partial charge in [0.05, 0.1) is 18.3 Å². The molecule has 1 fully saturated rings. The molecule has 1 aliphatic heterocycles. The summed E-state index contributed by atoms with van der Waals surface area (Å²) in [5.41, 5.74) is -0.472. The summed E-state index contributed by atoms with van der Waals surface area (Å²) in [6.45, 7) is 13.2. The molecule has 33 heavy (non-hydrogen) atoms. The van der Waals surface area contributed by atoms with E-state index in [-0.39, 0.29) is 17.4 Å². The van der Waals surface area contributed by atoms with E-state index in [1.807, 2.05) is 52.0 Å². The molecule has 0 aliphatic carbocycles. The van der Waals surface area contributed by atoms with Crippen LogP contribution in [-0.4, -0.2) is 44.4 Å². The van der Waals surface area contributed by atoms with Crippen LogP contribution in [0.2, 0.25) is 0 Å². The van der Waals surface area contributed by atoms with Gasteiger partial charge in [-0.25, -0.2) is 18.1 Å². The molecule has 2 aromatic rings. The van der Waals surface area contributed by atoms with Gasteiger partial charge >= 0.3 is 7.12 Å². The molecule has 0 saturated carbocycles. The van der Waals surface area contributed by atoms with Crippen molar-refractivity contribution >= 4 is 22.6 Å². The number of pyridine rings is 1. The average molecular weight is 476 g/mol. The molecule has 1 saturated heterocycles. The molecule has 8 nitrogen and oxygen atoms in total. The molecular formula is C23H33BN2O6S. The van der Waals surface area contributed by atoms with Crippen molar-refractivity contribution < 1.29 is 27.2 Å². The normalized spacial score (nSPS) is 17.8. The van der Waals surface area contributed by atoms with Crippen molar-refractivity contribution in [2.45, 2.75) is 76.7 Å². The maximum atomic E-state index is 13.3. The highest BCUT2D eigenvalue weighted by molar-refractivity contribution is 7.89. The molecule has 1 aliphatic rings. The lowest BCUT2D eigenvalue weighted by Crippen LogP contribution is -2.41. The van der Waals surface area contributed by atoms with Gasteiger partial charge in [0, 0.05) is 17.2 Å². The number of sulfonamides is 1. The summed E-state index contributed by atoms with van der Waals surface area (Å²) in [7, 11) is -3.10. The van der Waals surface area contributed by atoms with Gasteiger partial charge in [0.25, 0.3) is 0 Å². The Morgan fingerprint density at radius 3 is 2.15 bits per heavy atom. The number of nitrogens with zero attached hydrogens (tertiary/aromatic N) is 1. The minimum atomic E-state index is -3.94. The smallest absolute Gasteiger partial charge is 0.496 e. The topological polar surface area (TPSA) is 96.0 Å². The number of rotatable bonds is 7. The first-order chi connectivity index (χ1) is 15.1. The summed E-state index contributed by atoms with van der Waals surface area (Å²) in [6, 6.07) is 8.82. The van der Waals surface area contributed by atoms with Crippen LogP contribution in [0, 0.1) is 0 Å². The molecule has 1 aromatic heterocycles. The monoisotopic (exact) mass is 476 g/mol. The van der Waals surface area contributed by atoms with Crippen LogP contribution < -0.4 is 19.7 Å². The first kappa shape index (κ1) is 25.5. The van der Waals surface area contributed by atoms with Gasteiger partial charge in [-0.3, -0.25) is 0 Å². The molecule has 0 radical (unpaired) electrons. The van der Waals surface area contributed by atoms with Gasteiger partial charge in [-0.05, 0) is 72.2 Å². The van der Waals surface area contributed by atoms with Crippen LogP contribution in [0.15, 0.2) is 41.4 Å². The number of ether oxygens (including phenoxy) is 2. The largest absolute Gasteiger partial charge is 0.497 e. The van der Waals surface area contributed by atoms with E-state index in [9.17, 15) is 8.42 Å². The maximum Gasteiger partial charge on any atom is 0.496 e. The third-order valence-electron chi connectivity index (χ3n) is 5.63. The molecule has 0 amide bonds. The fourth-order valence-electron chi connectivity index (χ4n) is 3.19. The Morgan fingerprint density at radius 1 is 1.06 bits per heavy atom. The summed E-state index contributed by atoms with van der Waals surface area (Å²) in [4.78, 5) is 4.27. The zero-order valence-electron chi connectivity index (χ0n) is 20.6. The zero-order chi connectivity index (χ0) is 24.7. The highest BCUT2D eigenvalue weighted by Gasteiger charge is 2.52. The van der Waals surface area contributed by atoms with Gasteiger partial charge < -0.3 is 18.8 Å². The van der Waals surface area contributed by atoms with Crippen molar-refractivity contribution in [3.05, 3.63) is 42.1 Å². The van der Waals surface area contributed by atoms with Crippen molar-refractivity contribution in [1.82, 2.24) is 9.71 Å². The van der Waals surface area contributed by atoms with Gasteiger partial charge in [-0.15, -0.1) is 0 Å². The Bertz CT molecular complexity index is 1080. The summed E-state index contributed by atoms with van der Waals surface area (Å²) < 4.78 is 52.4. The Labute approximate surface area is 197 Å². The van der Waals surface area contributed by atoms with Crippen molar-refractivity contribution in [3.63, 3.8) is 0 Å².